The molecule has 1 rings (SSSR count). The minimum absolute atomic E-state index is 0.0123. The van der Waals surface area contributed by atoms with Crippen molar-refractivity contribution in [2.75, 3.05) is 6.61 Å². The SMILES string of the molecule is CCOc1c(O)cccc1S(=O)[O-]. The molecule has 0 radical (unpaired) electrons. The van der Waals surface area contributed by atoms with E-state index in [1.54, 1.807) is 6.92 Å². The smallest absolute Gasteiger partial charge is 0.175 e. The molecule has 1 aromatic rings. The Labute approximate surface area is 78.4 Å². The van der Waals surface area contributed by atoms with Gasteiger partial charge in [-0.1, -0.05) is 6.07 Å². The third-order valence-corrected chi connectivity index (χ3v) is 2.11. The first-order chi connectivity index (χ1) is 6.16. The molecule has 13 heavy (non-hydrogen) atoms. The van der Waals surface area contributed by atoms with Crippen LogP contribution in [-0.4, -0.2) is 20.5 Å². The summed E-state index contributed by atoms with van der Waals surface area (Å²) in [6.07, 6.45) is 0. The fraction of sp³-hybridized carbons (Fsp3) is 0.250. The van der Waals surface area contributed by atoms with E-state index in [1.165, 1.54) is 18.2 Å². The van der Waals surface area contributed by atoms with Crippen molar-refractivity contribution in [1.82, 2.24) is 0 Å². The van der Waals surface area contributed by atoms with Gasteiger partial charge < -0.3 is 14.4 Å². The predicted molar refractivity (Wildman–Crippen MR) is 46.5 cm³/mol. The number of phenols is 1. The summed E-state index contributed by atoms with van der Waals surface area (Å²) in [6.45, 7) is 2.02. The van der Waals surface area contributed by atoms with Gasteiger partial charge in [-0.3, -0.25) is 4.21 Å². The summed E-state index contributed by atoms with van der Waals surface area (Å²) in [5, 5.41) is 9.27. The maximum atomic E-state index is 10.7. The van der Waals surface area contributed by atoms with Gasteiger partial charge in [0.05, 0.1) is 11.5 Å². The van der Waals surface area contributed by atoms with Crippen LogP contribution in [0.2, 0.25) is 0 Å². The molecule has 1 atom stereocenters. The van der Waals surface area contributed by atoms with Crippen molar-refractivity contribution < 1.29 is 18.6 Å². The van der Waals surface area contributed by atoms with Gasteiger partial charge in [-0.25, -0.2) is 0 Å². The molecule has 0 fully saturated rings. The van der Waals surface area contributed by atoms with E-state index in [1.807, 2.05) is 0 Å². The topological polar surface area (TPSA) is 69.6 Å². The fourth-order valence-electron chi connectivity index (χ4n) is 0.925. The molecule has 0 aliphatic rings. The Hall–Kier alpha value is -1.07. The largest absolute Gasteiger partial charge is 0.768 e. The van der Waals surface area contributed by atoms with E-state index >= 15 is 0 Å². The quantitative estimate of drug-likeness (QED) is 0.741. The van der Waals surface area contributed by atoms with Gasteiger partial charge in [-0.05, 0) is 30.1 Å². The second kappa shape index (κ2) is 4.25. The van der Waals surface area contributed by atoms with Gasteiger partial charge in [-0.15, -0.1) is 0 Å². The van der Waals surface area contributed by atoms with Crippen LogP contribution < -0.4 is 4.74 Å². The van der Waals surface area contributed by atoms with Gasteiger partial charge in [0.15, 0.2) is 11.5 Å². The fourth-order valence-corrected chi connectivity index (χ4v) is 1.43. The van der Waals surface area contributed by atoms with Gasteiger partial charge in [0.25, 0.3) is 0 Å². The van der Waals surface area contributed by atoms with Crippen LogP contribution in [0.4, 0.5) is 0 Å². The molecule has 0 aliphatic carbocycles. The maximum Gasteiger partial charge on any atom is 0.175 e. The standard InChI is InChI=1S/C8H10O4S/c1-2-12-8-6(9)4-3-5-7(8)13(10)11/h3-5,9H,2H2,1H3,(H,10,11)/p-1. The summed E-state index contributed by atoms with van der Waals surface area (Å²) in [7, 11) is 0. The van der Waals surface area contributed by atoms with Crippen LogP contribution in [0.3, 0.4) is 0 Å². The molecular formula is C8H9O4S-. The first kappa shape index (κ1) is 10.0. The first-order valence-electron chi connectivity index (χ1n) is 3.70. The summed E-state index contributed by atoms with van der Waals surface area (Å²) in [5.74, 6) is -0.151. The Morgan fingerprint density at radius 2 is 2.31 bits per heavy atom. The predicted octanol–water partition coefficient (Wildman–Crippen LogP) is 1.03. The summed E-state index contributed by atoms with van der Waals surface area (Å²) in [6, 6.07) is 4.19. The Kier molecular flexibility index (Phi) is 3.27. The van der Waals surface area contributed by atoms with Crippen molar-refractivity contribution in [2.45, 2.75) is 11.8 Å². The van der Waals surface area contributed by atoms with Crippen LogP contribution in [0.15, 0.2) is 23.1 Å². The second-order valence-corrected chi connectivity index (χ2v) is 3.18. The molecule has 0 spiro atoms. The van der Waals surface area contributed by atoms with Crippen molar-refractivity contribution in [3.8, 4) is 11.5 Å². The number of benzene rings is 1. The second-order valence-electron chi connectivity index (χ2n) is 2.27. The minimum Gasteiger partial charge on any atom is -0.768 e. The molecule has 1 N–H and O–H groups in total. The van der Waals surface area contributed by atoms with Gasteiger partial charge >= 0.3 is 0 Å². The molecule has 1 unspecified atom stereocenters. The molecule has 0 amide bonds. The minimum atomic E-state index is -2.39. The average molecular weight is 201 g/mol. The van der Waals surface area contributed by atoms with E-state index < -0.39 is 11.1 Å². The lowest BCUT2D eigenvalue weighted by molar-refractivity contribution is 0.308. The summed E-state index contributed by atoms with van der Waals surface area (Å²) < 4.78 is 26.3. The zero-order valence-electron chi connectivity index (χ0n) is 7.02. The van der Waals surface area contributed by atoms with Crippen LogP contribution in [0.25, 0.3) is 0 Å². The monoisotopic (exact) mass is 201 g/mol. The Bertz CT molecular complexity index is 324. The highest BCUT2D eigenvalue weighted by molar-refractivity contribution is 7.79. The van der Waals surface area contributed by atoms with E-state index in [4.69, 9.17) is 4.74 Å². The number of aromatic hydroxyl groups is 1. The number of hydrogen-bond donors (Lipinski definition) is 1. The number of phenolic OH excluding ortho intramolecular Hbond substituents is 1. The van der Waals surface area contributed by atoms with Crippen LogP contribution >= 0.6 is 0 Å². The molecule has 0 saturated heterocycles. The van der Waals surface area contributed by atoms with E-state index in [0.29, 0.717) is 6.61 Å². The Morgan fingerprint density at radius 3 is 2.85 bits per heavy atom. The van der Waals surface area contributed by atoms with Gasteiger partial charge in [0, 0.05) is 0 Å². The molecule has 1 aromatic carbocycles. The molecule has 0 aromatic heterocycles. The normalized spacial score (nSPS) is 12.5. The van der Waals surface area contributed by atoms with E-state index in [-0.39, 0.29) is 16.4 Å². The zero-order valence-corrected chi connectivity index (χ0v) is 7.84. The lowest BCUT2D eigenvalue weighted by Gasteiger charge is -2.12. The highest BCUT2D eigenvalue weighted by Gasteiger charge is 2.08. The van der Waals surface area contributed by atoms with Crippen molar-refractivity contribution in [1.29, 1.82) is 0 Å². The van der Waals surface area contributed by atoms with Crippen LogP contribution in [0.5, 0.6) is 11.5 Å². The highest BCUT2D eigenvalue weighted by atomic mass is 32.2. The van der Waals surface area contributed by atoms with Gasteiger partial charge in [0.1, 0.15) is 0 Å². The molecule has 4 nitrogen and oxygen atoms in total. The first-order valence-corrected chi connectivity index (χ1v) is 4.78. The van der Waals surface area contributed by atoms with Crippen molar-refractivity contribution in [3.05, 3.63) is 18.2 Å². The summed E-state index contributed by atoms with van der Waals surface area (Å²) in [4.78, 5) is -0.0261. The molecule has 0 heterocycles. The highest BCUT2D eigenvalue weighted by Crippen LogP contribution is 2.31. The molecule has 5 heteroatoms. The third-order valence-electron chi connectivity index (χ3n) is 1.43. The average Bonchev–Trinajstić information content (AvgIpc) is 2.08. The zero-order chi connectivity index (χ0) is 9.84. The third kappa shape index (κ3) is 2.19. The van der Waals surface area contributed by atoms with E-state index in [9.17, 15) is 13.9 Å². The Balaban J connectivity index is 3.17. The maximum absolute atomic E-state index is 10.7. The van der Waals surface area contributed by atoms with E-state index in [0.717, 1.165) is 0 Å². The van der Waals surface area contributed by atoms with Crippen molar-refractivity contribution in [2.24, 2.45) is 0 Å². The lowest BCUT2D eigenvalue weighted by Crippen LogP contribution is -1.98. The molecule has 0 bridgehead atoms. The number of ether oxygens (including phenoxy) is 1. The molecule has 0 saturated carbocycles. The van der Waals surface area contributed by atoms with Crippen LogP contribution in [0.1, 0.15) is 6.92 Å². The Morgan fingerprint density at radius 1 is 1.62 bits per heavy atom. The molecule has 0 aliphatic heterocycles. The summed E-state index contributed by atoms with van der Waals surface area (Å²) >= 11 is -2.39. The molecular weight excluding hydrogens is 192 g/mol. The molecule has 72 valence electrons. The van der Waals surface area contributed by atoms with Gasteiger partial charge in [0.2, 0.25) is 0 Å². The number of hydrogen-bond acceptors (Lipinski definition) is 4. The van der Waals surface area contributed by atoms with Crippen molar-refractivity contribution in [3.63, 3.8) is 0 Å². The van der Waals surface area contributed by atoms with Crippen LogP contribution in [0, 0.1) is 0 Å². The number of rotatable bonds is 3. The lowest BCUT2D eigenvalue weighted by atomic mass is 10.3. The van der Waals surface area contributed by atoms with E-state index in [2.05, 4.69) is 0 Å². The van der Waals surface area contributed by atoms with Crippen LogP contribution in [-0.2, 0) is 11.1 Å². The summed E-state index contributed by atoms with van der Waals surface area (Å²) in [5.41, 5.74) is 0. The van der Waals surface area contributed by atoms with Crippen molar-refractivity contribution >= 4 is 11.1 Å². The number of para-hydroxylation sites is 1. The van der Waals surface area contributed by atoms with Gasteiger partial charge in [-0.2, -0.15) is 0 Å².